The first-order chi connectivity index (χ1) is 19.0. The molecule has 0 bridgehead atoms. The number of carbonyl (C=O) groups is 1. The Balaban J connectivity index is 1.39. The second kappa shape index (κ2) is 9.17. The lowest BCUT2D eigenvalue weighted by molar-refractivity contribution is -0.141. The van der Waals surface area contributed by atoms with Crippen molar-refractivity contribution in [3.63, 3.8) is 0 Å². The van der Waals surface area contributed by atoms with Gasteiger partial charge in [0, 0.05) is 30.6 Å². The average Bonchev–Trinajstić information content (AvgIpc) is 3.50. The molecule has 2 atom stereocenters. The number of aldehydes is 1. The van der Waals surface area contributed by atoms with Gasteiger partial charge in [0.2, 0.25) is 5.43 Å². The van der Waals surface area contributed by atoms with Crippen LogP contribution in [0.5, 0.6) is 0 Å². The summed E-state index contributed by atoms with van der Waals surface area (Å²) in [4.78, 5) is 39.0. The van der Waals surface area contributed by atoms with Crippen molar-refractivity contribution >= 4 is 28.8 Å². The van der Waals surface area contributed by atoms with E-state index >= 15 is 4.39 Å². The molecule has 2 aliphatic rings. The lowest BCUT2D eigenvalue weighted by atomic mass is 9.96. The summed E-state index contributed by atoms with van der Waals surface area (Å²) in [5, 5.41) is 3.69. The average molecular weight is 559 g/mol. The summed E-state index contributed by atoms with van der Waals surface area (Å²) < 4.78 is 83.4. The van der Waals surface area contributed by atoms with E-state index in [0.717, 1.165) is 41.2 Å². The molecule has 1 saturated heterocycles. The molecule has 1 fully saturated rings. The van der Waals surface area contributed by atoms with Gasteiger partial charge in [0.15, 0.2) is 29.7 Å². The summed E-state index contributed by atoms with van der Waals surface area (Å²) in [6.07, 6.45) is -2.88. The minimum atomic E-state index is -4.61. The molecule has 0 amide bonds. The fourth-order valence-electron chi connectivity index (χ4n) is 4.89. The molecule has 0 radical (unpaired) electrons. The topological polar surface area (TPSA) is 89.7 Å². The molecule has 1 aromatic carbocycles. The van der Waals surface area contributed by atoms with E-state index in [9.17, 15) is 31.5 Å². The van der Waals surface area contributed by atoms with Crippen molar-refractivity contribution in [2.75, 3.05) is 18.0 Å². The zero-order valence-electron chi connectivity index (χ0n) is 20.0. The fourth-order valence-corrected chi connectivity index (χ4v) is 4.89. The van der Waals surface area contributed by atoms with Crippen molar-refractivity contribution in [2.45, 2.75) is 12.3 Å². The van der Waals surface area contributed by atoms with Crippen molar-refractivity contribution in [2.24, 2.45) is 11.1 Å². The Hall–Kier alpha value is -4.75. The number of rotatable bonds is 4. The Morgan fingerprint density at radius 2 is 1.82 bits per heavy atom. The zero-order chi connectivity index (χ0) is 28.3. The quantitative estimate of drug-likeness (QED) is 0.274. The highest BCUT2D eigenvalue weighted by molar-refractivity contribution is 6.03. The summed E-state index contributed by atoms with van der Waals surface area (Å²) in [7, 11) is 0. The maximum Gasteiger partial charge on any atom is 0.433 e. The largest absolute Gasteiger partial charge is 0.433 e. The van der Waals surface area contributed by atoms with Crippen molar-refractivity contribution in [1.29, 1.82) is 0 Å². The number of nitrogens with zero attached hydrogens (tertiary/aromatic N) is 5. The number of hydrogen-bond donors (Lipinski definition) is 0. The van der Waals surface area contributed by atoms with E-state index < -0.39 is 46.8 Å². The van der Waals surface area contributed by atoms with Crippen LogP contribution < -0.4 is 10.3 Å². The third-order valence-corrected chi connectivity index (χ3v) is 6.79. The van der Waals surface area contributed by atoms with E-state index in [1.54, 1.807) is 0 Å². The van der Waals surface area contributed by atoms with Crippen LogP contribution in [-0.2, 0) is 11.0 Å². The highest BCUT2D eigenvalue weighted by Gasteiger charge is 2.44. The van der Waals surface area contributed by atoms with Crippen LogP contribution in [0.3, 0.4) is 0 Å². The van der Waals surface area contributed by atoms with Crippen molar-refractivity contribution in [3.8, 4) is 5.69 Å². The summed E-state index contributed by atoms with van der Waals surface area (Å²) >= 11 is 0. The molecular formula is C26H15F6N5O3. The van der Waals surface area contributed by atoms with E-state index in [4.69, 9.17) is 4.84 Å². The highest BCUT2D eigenvalue weighted by atomic mass is 19.4. The van der Waals surface area contributed by atoms with E-state index in [1.807, 2.05) is 0 Å². The monoisotopic (exact) mass is 559 g/mol. The highest BCUT2D eigenvalue weighted by Crippen LogP contribution is 2.35. The van der Waals surface area contributed by atoms with Gasteiger partial charge < -0.3 is 9.74 Å². The van der Waals surface area contributed by atoms with Gasteiger partial charge in [-0.05, 0) is 30.3 Å². The van der Waals surface area contributed by atoms with Crippen LogP contribution >= 0.6 is 0 Å². The van der Waals surface area contributed by atoms with Crippen molar-refractivity contribution < 1.29 is 36.0 Å². The summed E-state index contributed by atoms with van der Waals surface area (Å²) in [5.41, 5.74) is -2.06. The molecule has 6 rings (SSSR count). The fraction of sp³-hybridized carbons (Fsp3) is 0.192. The number of alkyl halides is 3. The molecule has 40 heavy (non-hydrogen) atoms. The first-order valence-electron chi connectivity index (χ1n) is 11.7. The second-order valence-corrected chi connectivity index (χ2v) is 9.22. The van der Waals surface area contributed by atoms with Gasteiger partial charge in [-0.1, -0.05) is 5.16 Å². The first kappa shape index (κ1) is 25.5. The lowest BCUT2D eigenvalue weighted by Gasteiger charge is -2.20. The zero-order valence-corrected chi connectivity index (χ0v) is 20.0. The summed E-state index contributed by atoms with van der Waals surface area (Å²) in [6, 6.07) is 5.60. The van der Waals surface area contributed by atoms with Crippen LogP contribution in [0.2, 0.25) is 0 Å². The number of pyridine rings is 3. The number of oxime groups is 1. The van der Waals surface area contributed by atoms with Gasteiger partial charge >= 0.3 is 6.18 Å². The molecule has 0 aliphatic carbocycles. The minimum absolute atomic E-state index is 0.0860. The van der Waals surface area contributed by atoms with Gasteiger partial charge in [-0.2, -0.15) is 13.2 Å². The number of anilines is 1. The molecule has 204 valence electrons. The van der Waals surface area contributed by atoms with Gasteiger partial charge in [0.05, 0.1) is 34.8 Å². The van der Waals surface area contributed by atoms with Crippen LogP contribution in [0.1, 0.15) is 21.6 Å². The lowest BCUT2D eigenvalue weighted by Crippen LogP contribution is -2.26. The van der Waals surface area contributed by atoms with E-state index in [-0.39, 0.29) is 47.5 Å². The number of benzene rings is 1. The maximum atomic E-state index is 15.4. The molecule has 3 aromatic heterocycles. The predicted molar refractivity (Wildman–Crippen MR) is 129 cm³/mol. The molecule has 2 unspecified atom stereocenters. The van der Waals surface area contributed by atoms with Gasteiger partial charge in [0.25, 0.3) is 0 Å². The van der Waals surface area contributed by atoms with Gasteiger partial charge in [-0.25, -0.2) is 18.2 Å². The van der Waals surface area contributed by atoms with E-state index in [2.05, 4.69) is 15.1 Å². The summed E-state index contributed by atoms with van der Waals surface area (Å²) in [6.45, 7) is 0.185. The Kier molecular flexibility index (Phi) is 5.85. The Labute approximate surface area is 220 Å². The minimum Gasteiger partial charge on any atom is -0.390 e. The number of hydrogen-bond acceptors (Lipinski definition) is 7. The van der Waals surface area contributed by atoms with Gasteiger partial charge in [0.1, 0.15) is 17.3 Å². The Bertz CT molecular complexity index is 1770. The second-order valence-electron chi connectivity index (χ2n) is 9.22. The number of halogens is 6. The molecule has 14 heteroatoms. The number of aromatic nitrogens is 3. The third-order valence-electron chi connectivity index (χ3n) is 6.79. The molecule has 8 nitrogen and oxygen atoms in total. The van der Waals surface area contributed by atoms with Crippen molar-refractivity contribution in [1.82, 2.24) is 14.5 Å². The van der Waals surface area contributed by atoms with Gasteiger partial charge in [-0.3, -0.25) is 19.1 Å². The smallest absolute Gasteiger partial charge is 0.390 e. The van der Waals surface area contributed by atoms with Crippen LogP contribution in [0.15, 0.2) is 58.7 Å². The molecule has 4 aromatic rings. The molecule has 0 N–H and O–H groups in total. The Morgan fingerprint density at radius 1 is 1.02 bits per heavy atom. The van der Waals surface area contributed by atoms with Crippen LogP contribution in [0.4, 0.5) is 32.2 Å². The van der Waals surface area contributed by atoms with Crippen LogP contribution in [0, 0.1) is 23.4 Å². The molecule has 2 aliphatic heterocycles. The summed E-state index contributed by atoms with van der Waals surface area (Å²) in [5.74, 6) is -3.46. The van der Waals surface area contributed by atoms with E-state index in [1.165, 1.54) is 11.0 Å². The molecule has 5 heterocycles. The first-order valence-corrected chi connectivity index (χ1v) is 11.7. The maximum absolute atomic E-state index is 15.4. The van der Waals surface area contributed by atoms with Crippen molar-refractivity contribution in [3.05, 3.63) is 93.3 Å². The SMILES string of the molecule is O=Cc1cn(-c2ccc(F)cc2F)c2nc(N3CC4ON=C(c5ccc(C(F)(F)F)nc5)C4C3)c(F)cc2c1=O. The number of fused-ring (bicyclic) bond motifs is 2. The number of carbonyl (C=O) groups excluding carboxylic acids is 1. The predicted octanol–water partition coefficient (Wildman–Crippen LogP) is 4.27. The molecule has 0 spiro atoms. The van der Waals surface area contributed by atoms with E-state index in [0.29, 0.717) is 17.3 Å². The molecule has 0 saturated carbocycles. The van der Waals surface area contributed by atoms with Gasteiger partial charge in [-0.15, -0.1) is 0 Å². The van der Waals surface area contributed by atoms with Crippen LogP contribution in [-0.4, -0.2) is 45.7 Å². The normalized spacial score (nSPS) is 18.6. The third kappa shape index (κ3) is 4.15. The standard InChI is InChI=1S/C26H15F6N5O3/c27-14-2-3-19(17(28)5-14)37-8-13(11-38)23(39)15-6-18(29)25(34-24(15)37)36-9-16-20(10-36)40-35-22(16)12-1-4-21(33-7-12)26(30,31)32/h1-8,11,16,20H,9-10H2. The van der Waals surface area contributed by atoms with Crippen LogP contribution in [0.25, 0.3) is 16.7 Å². The molecular weight excluding hydrogens is 544 g/mol. The Morgan fingerprint density at radius 3 is 2.50 bits per heavy atom.